The van der Waals surface area contributed by atoms with Gasteiger partial charge in [-0.25, -0.2) is 0 Å². The summed E-state index contributed by atoms with van der Waals surface area (Å²) in [6, 6.07) is 0. The molecule has 0 atom stereocenters. The van der Waals surface area contributed by atoms with Gasteiger partial charge in [-0.2, -0.15) is 4.68 Å². The molecule has 2 aromatic rings. The summed E-state index contributed by atoms with van der Waals surface area (Å²) in [5.74, 6) is 0.379. The second-order valence-corrected chi connectivity index (χ2v) is 5.02. The van der Waals surface area contributed by atoms with E-state index in [1.807, 2.05) is 0 Å². The van der Waals surface area contributed by atoms with E-state index in [1.54, 1.807) is 16.0 Å². The number of aromatic nitrogens is 5. The highest BCUT2D eigenvalue weighted by Gasteiger charge is 2.15. The summed E-state index contributed by atoms with van der Waals surface area (Å²) >= 11 is 1.54. The van der Waals surface area contributed by atoms with Crippen LogP contribution in [0, 0.1) is 0 Å². The van der Waals surface area contributed by atoms with Crippen LogP contribution in [0.2, 0.25) is 0 Å². The maximum Gasteiger partial charge on any atom is 0.234 e. The molecule has 0 aliphatic carbocycles. The first-order valence-corrected chi connectivity index (χ1v) is 6.46. The van der Waals surface area contributed by atoms with Gasteiger partial charge in [-0.3, -0.25) is 0 Å². The quantitative estimate of drug-likeness (QED) is 0.885. The van der Waals surface area contributed by atoms with Gasteiger partial charge in [0.15, 0.2) is 0 Å². The molecule has 0 saturated heterocycles. The van der Waals surface area contributed by atoms with E-state index >= 15 is 0 Å². The van der Waals surface area contributed by atoms with Crippen LogP contribution in [0.1, 0.15) is 43.1 Å². The smallest absolute Gasteiger partial charge is 0.234 e. The predicted octanol–water partition coefficient (Wildman–Crippen LogP) is 1.26. The molecule has 6 nitrogen and oxygen atoms in total. The highest BCUT2D eigenvalue weighted by Crippen LogP contribution is 2.22. The lowest BCUT2D eigenvalue weighted by molar-refractivity contribution is 0.745. The van der Waals surface area contributed by atoms with Crippen LogP contribution in [-0.4, -0.2) is 25.2 Å². The number of nitrogens with two attached hydrogens (primary N) is 1. The van der Waals surface area contributed by atoms with Crippen molar-refractivity contribution >= 4 is 11.3 Å². The van der Waals surface area contributed by atoms with Crippen molar-refractivity contribution in [2.24, 2.45) is 5.73 Å². The average Bonchev–Trinajstić information content (AvgIpc) is 2.94. The van der Waals surface area contributed by atoms with Gasteiger partial charge in [-0.05, 0) is 6.42 Å². The number of rotatable bonds is 4. The molecule has 0 bridgehead atoms. The first-order chi connectivity index (χ1) is 8.17. The molecule has 17 heavy (non-hydrogen) atoms. The SMILES string of the molecule is CCc1c(CN)nnn1-c1nnc(C(C)C)s1. The fourth-order valence-corrected chi connectivity index (χ4v) is 2.36. The molecule has 0 aliphatic heterocycles. The molecule has 2 heterocycles. The highest BCUT2D eigenvalue weighted by molar-refractivity contribution is 7.13. The standard InChI is InChI=1S/C10H16N6S/c1-4-8-7(5-11)12-15-16(8)10-14-13-9(17-10)6(2)3/h6H,4-5,11H2,1-3H3. The molecule has 0 radical (unpaired) electrons. The predicted molar refractivity (Wildman–Crippen MR) is 66.2 cm³/mol. The Balaban J connectivity index is 2.41. The summed E-state index contributed by atoms with van der Waals surface area (Å²) in [6.07, 6.45) is 0.829. The van der Waals surface area contributed by atoms with Crippen LogP contribution in [0.15, 0.2) is 0 Å². The monoisotopic (exact) mass is 252 g/mol. The van der Waals surface area contributed by atoms with Crippen molar-refractivity contribution in [1.82, 2.24) is 25.2 Å². The van der Waals surface area contributed by atoms with Crippen LogP contribution in [0.25, 0.3) is 5.13 Å². The molecule has 0 saturated carbocycles. The molecule has 0 amide bonds. The van der Waals surface area contributed by atoms with Gasteiger partial charge >= 0.3 is 0 Å². The number of hydrogen-bond acceptors (Lipinski definition) is 6. The summed E-state index contributed by atoms with van der Waals surface area (Å²) in [6.45, 7) is 6.65. The molecule has 7 heteroatoms. The molecule has 0 aliphatic rings. The second-order valence-electron chi connectivity index (χ2n) is 4.03. The van der Waals surface area contributed by atoms with Crippen LogP contribution in [0.3, 0.4) is 0 Å². The van der Waals surface area contributed by atoms with Gasteiger partial charge in [0, 0.05) is 12.5 Å². The molecule has 0 unspecified atom stereocenters. The topological polar surface area (TPSA) is 82.5 Å². The average molecular weight is 252 g/mol. The summed E-state index contributed by atoms with van der Waals surface area (Å²) in [5.41, 5.74) is 7.46. The fourth-order valence-electron chi connectivity index (χ4n) is 1.54. The van der Waals surface area contributed by atoms with Gasteiger partial charge in [-0.1, -0.05) is 37.3 Å². The van der Waals surface area contributed by atoms with Crippen molar-refractivity contribution in [3.63, 3.8) is 0 Å². The van der Waals surface area contributed by atoms with E-state index in [2.05, 4.69) is 41.3 Å². The fraction of sp³-hybridized carbons (Fsp3) is 0.600. The van der Waals surface area contributed by atoms with Gasteiger partial charge in [0.25, 0.3) is 0 Å². The van der Waals surface area contributed by atoms with E-state index in [4.69, 9.17) is 5.73 Å². The first kappa shape index (κ1) is 12.1. The van der Waals surface area contributed by atoms with Gasteiger partial charge in [0.05, 0.1) is 11.4 Å². The number of nitrogens with zero attached hydrogens (tertiary/aromatic N) is 5. The molecular formula is C10H16N6S. The Morgan fingerprint density at radius 1 is 1.29 bits per heavy atom. The minimum absolute atomic E-state index is 0.379. The van der Waals surface area contributed by atoms with E-state index in [1.165, 1.54) is 0 Å². The van der Waals surface area contributed by atoms with Crippen molar-refractivity contribution in [3.8, 4) is 5.13 Å². The number of hydrogen-bond donors (Lipinski definition) is 1. The Labute approximate surface area is 104 Å². The van der Waals surface area contributed by atoms with E-state index in [0.29, 0.717) is 12.5 Å². The Kier molecular flexibility index (Phi) is 3.49. The molecule has 2 aromatic heterocycles. The van der Waals surface area contributed by atoms with Crippen molar-refractivity contribution < 1.29 is 0 Å². The third-order valence-corrected chi connectivity index (χ3v) is 3.68. The van der Waals surface area contributed by atoms with Crippen LogP contribution in [0.4, 0.5) is 0 Å². The Bertz CT molecular complexity index is 501. The van der Waals surface area contributed by atoms with E-state index < -0.39 is 0 Å². The van der Waals surface area contributed by atoms with E-state index in [0.717, 1.165) is 27.9 Å². The van der Waals surface area contributed by atoms with Crippen LogP contribution < -0.4 is 5.73 Å². The Hall–Kier alpha value is -1.34. The van der Waals surface area contributed by atoms with E-state index in [9.17, 15) is 0 Å². The minimum Gasteiger partial charge on any atom is -0.325 e. The third-order valence-electron chi connectivity index (χ3n) is 2.48. The van der Waals surface area contributed by atoms with Crippen LogP contribution in [-0.2, 0) is 13.0 Å². The largest absolute Gasteiger partial charge is 0.325 e. The van der Waals surface area contributed by atoms with Gasteiger partial charge < -0.3 is 5.73 Å². The normalized spacial score (nSPS) is 11.4. The molecule has 0 aromatic carbocycles. The molecule has 2 N–H and O–H groups in total. The lowest BCUT2D eigenvalue weighted by Gasteiger charge is -2.00. The van der Waals surface area contributed by atoms with Crippen molar-refractivity contribution in [2.45, 2.75) is 39.7 Å². The van der Waals surface area contributed by atoms with Gasteiger partial charge in [0.1, 0.15) is 5.01 Å². The van der Waals surface area contributed by atoms with Crippen LogP contribution >= 0.6 is 11.3 Å². The second kappa shape index (κ2) is 4.89. The van der Waals surface area contributed by atoms with E-state index in [-0.39, 0.29) is 0 Å². The zero-order valence-corrected chi connectivity index (χ0v) is 11.0. The van der Waals surface area contributed by atoms with Gasteiger partial charge in [-0.15, -0.1) is 15.3 Å². The molecule has 0 spiro atoms. The molecule has 92 valence electrons. The minimum atomic E-state index is 0.379. The summed E-state index contributed by atoms with van der Waals surface area (Å²) < 4.78 is 1.74. The third kappa shape index (κ3) is 2.20. The van der Waals surface area contributed by atoms with Gasteiger partial charge in [0.2, 0.25) is 5.13 Å². The Morgan fingerprint density at radius 2 is 2.06 bits per heavy atom. The van der Waals surface area contributed by atoms with Crippen LogP contribution in [0.5, 0.6) is 0 Å². The molecule has 0 fully saturated rings. The summed E-state index contributed by atoms with van der Waals surface area (Å²) in [5, 5.41) is 18.2. The van der Waals surface area contributed by atoms with Crippen molar-refractivity contribution in [1.29, 1.82) is 0 Å². The van der Waals surface area contributed by atoms with Crippen molar-refractivity contribution in [2.75, 3.05) is 0 Å². The Morgan fingerprint density at radius 3 is 2.59 bits per heavy atom. The highest BCUT2D eigenvalue weighted by atomic mass is 32.1. The maximum atomic E-state index is 5.62. The first-order valence-electron chi connectivity index (χ1n) is 5.64. The lowest BCUT2D eigenvalue weighted by atomic mass is 10.2. The lowest BCUT2D eigenvalue weighted by Crippen LogP contribution is -2.04. The van der Waals surface area contributed by atoms with Crippen molar-refractivity contribution in [3.05, 3.63) is 16.4 Å². The maximum absolute atomic E-state index is 5.62. The summed E-state index contributed by atoms with van der Waals surface area (Å²) in [7, 11) is 0. The molecule has 2 rings (SSSR count). The zero-order chi connectivity index (χ0) is 12.4. The zero-order valence-electron chi connectivity index (χ0n) is 10.2. The molecular weight excluding hydrogens is 236 g/mol. The summed E-state index contributed by atoms with van der Waals surface area (Å²) in [4.78, 5) is 0.